The third kappa shape index (κ3) is 6.13. The van der Waals surface area contributed by atoms with E-state index in [0.29, 0.717) is 0 Å². The van der Waals surface area contributed by atoms with E-state index in [1.165, 1.54) is 70.2 Å². The first-order valence-electron chi connectivity index (χ1n) is 25.2. The zero-order valence-electron chi connectivity index (χ0n) is 39.8. The minimum Gasteiger partial charge on any atom is -0.455 e. The van der Waals surface area contributed by atoms with E-state index in [9.17, 15) is 0 Å². The number of benzene rings is 10. The Morgan fingerprint density at radius 1 is 0.270 bits per heavy atom. The Labute approximate surface area is 431 Å². The SMILES string of the molecule is c1ccc2c(c1)-c1cc(-c3cc(-c4ccc5c(c4)-c4ncccc4-c4ccccc4-c4cc(-c6cccc7c6sc6ccccc67)ccc4-5)cc4c3oc3ccccc34)ccc1-c1ccccc1-c1ncccc1-2. The number of furan rings is 1. The second kappa shape index (κ2) is 16.0. The standard InChI is InChI=1S/C70H40N2OS/c1-3-17-49-46(14-1)57-24-12-34-71-67(57)56-21-6-5-16-48(56)51-33-30-43(38-62(49)51)60-39-44(40-64-54-19-7-9-26-65(54)73-69(60)64)41-28-31-53-52-32-29-42(45-22-11-23-59-55-20-8-10-27-66(55)74-70(45)59)37-61(52)50-18-4-2-15-47(50)58-25-13-35-72-68(58)63(53)36-41/h1-40H. The van der Waals surface area contributed by atoms with Crippen molar-refractivity contribution in [3.05, 3.63) is 243 Å². The number of para-hydroxylation sites is 1. The highest BCUT2D eigenvalue weighted by atomic mass is 32.1. The number of hydrogen-bond donors (Lipinski definition) is 0. The van der Waals surface area contributed by atoms with Gasteiger partial charge < -0.3 is 4.42 Å². The van der Waals surface area contributed by atoms with Gasteiger partial charge in [-0.1, -0.05) is 176 Å². The van der Waals surface area contributed by atoms with E-state index >= 15 is 0 Å². The first-order chi connectivity index (χ1) is 36.7. The molecule has 0 saturated carbocycles. The fraction of sp³-hybridized carbons (Fsp3) is 0. The molecular formula is C70H40N2OS. The third-order valence-corrected chi connectivity index (χ3v) is 16.8. The molecule has 0 aliphatic heterocycles. The topological polar surface area (TPSA) is 38.9 Å². The van der Waals surface area contributed by atoms with Crippen molar-refractivity contribution in [1.82, 2.24) is 9.97 Å². The molecule has 74 heavy (non-hydrogen) atoms. The Bertz CT molecular complexity index is 4680. The van der Waals surface area contributed by atoms with Crippen molar-refractivity contribution in [2.45, 2.75) is 0 Å². The lowest BCUT2D eigenvalue weighted by Crippen LogP contribution is -1.99. The minimum atomic E-state index is 0.866. The normalized spacial score (nSPS) is 12.1. The maximum Gasteiger partial charge on any atom is 0.143 e. The first kappa shape index (κ1) is 41.2. The van der Waals surface area contributed by atoms with Crippen molar-refractivity contribution in [2.75, 3.05) is 0 Å². The van der Waals surface area contributed by atoms with Gasteiger partial charge in [0.05, 0.1) is 11.4 Å². The van der Waals surface area contributed by atoms with Gasteiger partial charge >= 0.3 is 0 Å². The highest BCUT2D eigenvalue weighted by Crippen LogP contribution is 2.52. The van der Waals surface area contributed by atoms with E-state index in [2.05, 4.69) is 224 Å². The highest BCUT2D eigenvalue weighted by molar-refractivity contribution is 7.26. The predicted octanol–water partition coefficient (Wildman–Crippen LogP) is 19.7. The summed E-state index contributed by atoms with van der Waals surface area (Å²) in [7, 11) is 0. The van der Waals surface area contributed by atoms with Crippen molar-refractivity contribution >= 4 is 53.4 Å². The highest BCUT2D eigenvalue weighted by Gasteiger charge is 2.27. The fourth-order valence-electron chi connectivity index (χ4n) is 12.2. The van der Waals surface area contributed by atoms with Gasteiger partial charge in [0.2, 0.25) is 0 Å². The molecule has 0 fully saturated rings. The molecule has 2 aliphatic rings. The summed E-state index contributed by atoms with van der Waals surface area (Å²) >= 11 is 1.88. The van der Waals surface area contributed by atoms with Gasteiger partial charge in [-0.2, -0.15) is 0 Å². The van der Waals surface area contributed by atoms with Crippen molar-refractivity contribution in [3.63, 3.8) is 0 Å². The molecule has 16 rings (SSSR count). The molecule has 4 aromatic heterocycles. The summed E-state index contributed by atoms with van der Waals surface area (Å²) in [6.07, 6.45) is 3.83. The molecule has 0 amide bonds. The number of hydrogen-bond acceptors (Lipinski definition) is 4. The molecule has 0 N–H and O–H groups in total. The fourth-order valence-corrected chi connectivity index (χ4v) is 13.4. The van der Waals surface area contributed by atoms with Gasteiger partial charge in [0.15, 0.2) is 0 Å². The Kier molecular flexibility index (Phi) is 8.91. The van der Waals surface area contributed by atoms with Gasteiger partial charge in [0.1, 0.15) is 11.2 Å². The summed E-state index contributed by atoms with van der Waals surface area (Å²) in [6.45, 7) is 0. The molecule has 0 radical (unpaired) electrons. The quantitative estimate of drug-likeness (QED) is 0.177. The monoisotopic (exact) mass is 956 g/mol. The Morgan fingerprint density at radius 2 is 0.730 bits per heavy atom. The van der Waals surface area contributed by atoms with Gasteiger partial charge in [-0.3, -0.25) is 9.97 Å². The van der Waals surface area contributed by atoms with Crippen LogP contribution in [0.25, 0.3) is 165 Å². The van der Waals surface area contributed by atoms with Crippen LogP contribution in [0.1, 0.15) is 0 Å². The van der Waals surface area contributed by atoms with Crippen LogP contribution in [-0.4, -0.2) is 9.97 Å². The van der Waals surface area contributed by atoms with E-state index < -0.39 is 0 Å². The van der Waals surface area contributed by atoms with Crippen LogP contribution in [0.15, 0.2) is 247 Å². The largest absolute Gasteiger partial charge is 0.455 e. The van der Waals surface area contributed by atoms with Crippen LogP contribution in [0.5, 0.6) is 0 Å². The molecule has 2 aliphatic carbocycles. The summed E-state index contributed by atoms with van der Waals surface area (Å²) in [5.41, 5.74) is 26.7. The molecular weight excluding hydrogens is 917 g/mol. The first-order valence-corrected chi connectivity index (χ1v) is 26.0. The van der Waals surface area contributed by atoms with E-state index in [0.717, 1.165) is 94.5 Å². The van der Waals surface area contributed by atoms with E-state index in [4.69, 9.17) is 14.4 Å². The Balaban J connectivity index is 0.910. The number of pyridine rings is 2. The minimum absolute atomic E-state index is 0.866. The van der Waals surface area contributed by atoms with Gasteiger partial charge in [0.25, 0.3) is 0 Å². The molecule has 4 heteroatoms. The van der Waals surface area contributed by atoms with E-state index in [-0.39, 0.29) is 0 Å². The zero-order valence-corrected chi connectivity index (χ0v) is 40.6. The van der Waals surface area contributed by atoms with Gasteiger partial charge in [-0.25, -0.2) is 0 Å². The summed E-state index contributed by atoms with van der Waals surface area (Å²) in [4.78, 5) is 10.2. The van der Waals surface area contributed by atoms with Gasteiger partial charge in [0, 0.05) is 71.2 Å². The van der Waals surface area contributed by atoms with Crippen LogP contribution in [0.2, 0.25) is 0 Å². The second-order valence-corrected chi connectivity index (χ2v) is 20.5. The maximum absolute atomic E-state index is 6.89. The van der Waals surface area contributed by atoms with Crippen LogP contribution in [0.3, 0.4) is 0 Å². The molecule has 0 spiro atoms. The summed E-state index contributed by atoms with van der Waals surface area (Å²) in [5, 5.41) is 4.78. The number of nitrogens with zero attached hydrogens (tertiary/aromatic N) is 2. The van der Waals surface area contributed by atoms with Crippen LogP contribution >= 0.6 is 11.3 Å². The molecule has 0 saturated heterocycles. The Hall–Kier alpha value is -9.48. The van der Waals surface area contributed by atoms with Crippen molar-refractivity contribution in [3.8, 4) is 123 Å². The average Bonchev–Trinajstić information content (AvgIpc) is 4.06. The van der Waals surface area contributed by atoms with Crippen molar-refractivity contribution < 1.29 is 4.42 Å². The predicted molar refractivity (Wildman–Crippen MR) is 309 cm³/mol. The van der Waals surface area contributed by atoms with Crippen LogP contribution in [0, 0.1) is 0 Å². The molecule has 0 bridgehead atoms. The number of rotatable bonds is 3. The average molecular weight is 957 g/mol. The van der Waals surface area contributed by atoms with E-state index in [1.807, 2.05) is 29.8 Å². The lowest BCUT2D eigenvalue weighted by atomic mass is 9.80. The molecule has 14 aromatic rings. The van der Waals surface area contributed by atoms with Crippen molar-refractivity contribution in [2.24, 2.45) is 0 Å². The lowest BCUT2D eigenvalue weighted by Gasteiger charge is -2.24. The summed E-state index contributed by atoms with van der Waals surface area (Å²) < 4.78 is 9.51. The van der Waals surface area contributed by atoms with E-state index in [1.54, 1.807) is 0 Å². The number of fused-ring (bicyclic) bond motifs is 22. The van der Waals surface area contributed by atoms with Crippen LogP contribution in [0.4, 0.5) is 0 Å². The number of thiophene rings is 1. The Morgan fingerprint density at radius 3 is 1.42 bits per heavy atom. The second-order valence-electron chi connectivity index (χ2n) is 19.5. The summed E-state index contributed by atoms with van der Waals surface area (Å²) in [5.74, 6) is 0. The summed E-state index contributed by atoms with van der Waals surface area (Å²) in [6, 6.07) is 84.5. The molecule has 4 heterocycles. The van der Waals surface area contributed by atoms with Crippen LogP contribution in [-0.2, 0) is 0 Å². The molecule has 0 unspecified atom stereocenters. The van der Waals surface area contributed by atoms with Crippen molar-refractivity contribution in [1.29, 1.82) is 0 Å². The molecule has 3 nitrogen and oxygen atoms in total. The molecule has 10 aromatic carbocycles. The number of aromatic nitrogens is 2. The molecule has 342 valence electrons. The smallest absolute Gasteiger partial charge is 0.143 e. The zero-order chi connectivity index (χ0) is 48.4. The lowest BCUT2D eigenvalue weighted by molar-refractivity contribution is 0.670. The molecule has 0 atom stereocenters. The van der Waals surface area contributed by atoms with Gasteiger partial charge in [-0.05, 0) is 138 Å². The third-order valence-electron chi connectivity index (χ3n) is 15.5. The van der Waals surface area contributed by atoms with Gasteiger partial charge in [-0.15, -0.1) is 11.3 Å². The van der Waals surface area contributed by atoms with Crippen LogP contribution < -0.4 is 0 Å². The maximum atomic E-state index is 6.89.